The van der Waals surface area contributed by atoms with Crippen molar-refractivity contribution >= 4 is 17.5 Å². The van der Waals surface area contributed by atoms with E-state index in [9.17, 15) is 9.59 Å². The molecule has 2 aromatic carbocycles. The zero-order chi connectivity index (χ0) is 19.3. The second-order valence-corrected chi connectivity index (χ2v) is 7.55. The number of nitrogens with zero attached hydrogens (tertiary/aromatic N) is 1. The van der Waals surface area contributed by atoms with Gasteiger partial charge >= 0.3 is 0 Å². The largest absolute Gasteiger partial charge is 0.484 e. The Labute approximate surface area is 165 Å². The summed E-state index contributed by atoms with van der Waals surface area (Å²) in [5, 5.41) is 2.83. The fourth-order valence-electron chi connectivity index (χ4n) is 3.99. The van der Waals surface area contributed by atoms with Gasteiger partial charge in [-0.2, -0.15) is 0 Å². The molecule has 28 heavy (non-hydrogen) atoms. The lowest BCUT2D eigenvalue weighted by Gasteiger charge is -2.26. The molecule has 146 valence electrons. The summed E-state index contributed by atoms with van der Waals surface area (Å²) >= 11 is 0. The van der Waals surface area contributed by atoms with Crippen LogP contribution in [-0.4, -0.2) is 36.4 Å². The third-order valence-corrected chi connectivity index (χ3v) is 5.48. The highest BCUT2D eigenvalue weighted by Gasteiger charge is 2.18. The lowest BCUT2D eigenvalue weighted by atomic mass is 10.1. The van der Waals surface area contributed by atoms with E-state index in [1.807, 2.05) is 17.0 Å². The number of rotatable bonds is 5. The Balaban J connectivity index is 1.33. The maximum atomic E-state index is 12.6. The van der Waals surface area contributed by atoms with Crippen molar-refractivity contribution in [1.82, 2.24) is 4.90 Å². The van der Waals surface area contributed by atoms with Crippen LogP contribution in [0.3, 0.4) is 0 Å². The van der Waals surface area contributed by atoms with Gasteiger partial charge < -0.3 is 15.0 Å². The molecule has 4 rings (SSSR count). The number of amides is 2. The first-order valence-electron chi connectivity index (χ1n) is 10.1. The molecule has 1 fully saturated rings. The van der Waals surface area contributed by atoms with Crippen molar-refractivity contribution in [3.05, 3.63) is 59.2 Å². The van der Waals surface area contributed by atoms with Crippen LogP contribution in [0.15, 0.2) is 42.5 Å². The SMILES string of the molecule is O=C(COc1ccc2c(c1)CCC2)Nc1cccc(C(=O)N2CCCCC2)c1. The summed E-state index contributed by atoms with van der Waals surface area (Å²) in [6.07, 6.45) is 6.69. The van der Waals surface area contributed by atoms with E-state index in [-0.39, 0.29) is 18.4 Å². The predicted octanol–water partition coefficient (Wildman–Crippen LogP) is 3.82. The topological polar surface area (TPSA) is 58.6 Å². The first kappa shape index (κ1) is 18.5. The number of carbonyl (C=O) groups excluding carboxylic acids is 2. The Morgan fingerprint density at radius 2 is 1.75 bits per heavy atom. The van der Waals surface area contributed by atoms with Crippen LogP contribution in [0, 0.1) is 0 Å². The number of piperidine rings is 1. The van der Waals surface area contributed by atoms with Gasteiger partial charge in [-0.3, -0.25) is 9.59 Å². The molecule has 1 heterocycles. The first-order valence-corrected chi connectivity index (χ1v) is 10.1. The van der Waals surface area contributed by atoms with Crippen molar-refractivity contribution in [3.8, 4) is 5.75 Å². The summed E-state index contributed by atoms with van der Waals surface area (Å²) in [7, 11) is 0. The molecule has 0 unspecified atom stereocenters. The van der Waals surface area contributed by atoms with Crippen LogP contribution in [0.1, 0.15) is 47.2 Å². The molecule has 0 bridgehead atoms. The minimum absolute atomic E-state index is 0.0326. The van der Waals surface area contributed by atoms with E-state index >= 15 is 0 Å². The van der Waals surface area contributed by atoms with Crippen molar-refractivity contribution < 1.29 is 14.3 Å². The van der Waals surface area contributed by atoms with Gasteiger partial charge in [-0.25, -0.2) is 0 Å². The van der Waals surface area contributed by atoms with E-state index in [0.29, 0.717) is 11.3 Å². The van der Waals surface area contributed by atoms with E-state index in [4.69, 9.17) is 4.74 Å². The van der Waals surface area contributed by atoms with Gasteiger partial charge in [0.25, 0.3) is 11.8 Å². The smallest absolute Gasteiger partial charge is 0.262 e. The molecule has 2 aromatic rings. The first-order chi connectivity index (χ1) is 13.7. The Bertz CT molecular complexity index is 872. The molecule has 0 atom stereocenters. The van der Waals surface area contributed by atoms with Crippen LogP contribution in [0.2, 0.25) is 0 Å². The molecule has 5 nitrogen and oxygen atoms in total. The highest BCUT2D eigenvalue weighted by molar-refractivity contribution is 5.97. The van der Waals surface area contributed by atoms with Crippen LogP contribution in [0.5, 0.6) is 5.75 Å². The molecule has 2 aliphatic rings. The molecular formula is C23H26N2O3. The molecule has 0 aromatic heterocycles. The molecule has 1 saturated heterocycles. The second-order valence-electron chi connectivity index (χ2n) is 7.55. The fourth-order valence-corrected chi connectivity index (χ4v) is 3.99. The summed E-state index contributed by atoms with van der Waals surface area (Å²) in [6, 6.07) is 13.2. The Hall–Kier alpha value is -2.82. The molecule has 1 aliphatic heterocycles. The van der Waals surface area contributed by atoms with Crippen LogP contribution < -0.4 is 10.1 Å². The lowest BCUT2D eigenvalue weighted by molar-refractivity contribution is -0.118. The summed E-state index contributed by atoms with van der Waals surface area (Å²) < 4.78 is 5.65. The van der Waals surface area contributed by atoms with Gasteiger partial charge in [-0.05, 0) is 80.0 Å². The van der Waals surface area contributed by atoms with Crippen LogP contribution in [0.25, 0.3) is 0 Å². The van der Waals surface area contributed by atoms with Gasteiger partial charge in [0.15, 0.2) is 6.61 Å². The van der Waals surface area contributed by atoms with Gasteiger partial charge in [0.2, 0.25) is 0 Å². The van der Waals surface area contributed by atoms with E-state index < -0.39 is 0 Å². The van der Waals surface area contributed by atoms with Crippen molar-refractivity contribution in [3.63, 3.8) is 0 Å². The Kier molecular flexibility index (Phi) is 5.60. The molecule has 0 spiro atoms. The number of nitrogens with one attached hydrogen (secondary N) is 1. The molecule has 1 N–H and O–H groups in total. The molecule has 1 aliphatic carbocycles. The minimum atomic E-state index is -0.233. The van der Waals surface area contributed by atoms with Crippen molar-refractivity contribution in [2.24, 2.45) is 0 Å². The highest BCUT2D eigenvalue weighted by Crippen LogP contribution is 2.26. The molecule has 0 saturated carbocycles. The zero-order valence-corrected chi connectivity index (χ0v) is 16.1. The van der Waals surface area contributed by atoms with E-state index in [2.05, 4.69) is 11.4 Å². The Morgan fingerprint density at radius 3 is 2.61 bits per heavy atom. The number of benzene rings is 2. The van der Waals surface area contributed by atoms with E-state index in [1.54, 1.807) is 24.3 Å². The Morgan fingerprint density at radius 1 is 0.929 bits per heavy atom. The van der Waals surface area contributed by atoms with Gasteiger partial charge in [0.1, 0.15) is 5.75 Å². The normalized spacial score (nSPS) is 15.8. The van der Waals surface area contributed by atoms with E-state index in [0.717, 1.165) is 44.5 Å². The van der Waals surface area contributed by atoms with Crippen LogP contribution >= 0.6 is 0 Å². The third kappa shape index (κ3) is 4.35. The molecule has 2 amide bonds. The third-order valence-electron chi connectivity index (χ3n) is 5.48. The number of aryl methyl sites for hydroxylation is 2. The van der Waals surface area contributed by atoms with Gasteiger partial charge in [0, 0.05) is 24.3 Å². The van der Waals surface area contributed by atoms with Gasteiger partial charge in [-0.15, -0.1) is 0 Å². The fraction of sp³-hybridized carbons (Fsp3) is 0.391. The number of hydrogen-bond donors (Lipinski definition) is 1. The number of ether oxygens (including phenoxy) is 1. The number of anilines is 1. The van der Waals surface area contributed by atoms with Crippen molar-refractivity contribution in [2.75, 3.05) is 25.0 Å². The van der Waals surface area contributed by atoms with E-state index in [1.165, 1.54) is 24.0 Å². The lowest BCUT2D eigenvalue weighted by Crippen LogP contribution is -2.35. The maximum absolute atomic E-state index is 12.6. The van der Waals surface area contributed by atoms with Crippen molar-refractivity contribution in [1.29, 1.82) is 0 Å². The van der Waals surface area contributed by atoms with Gasteiger partial charge in [-0.1, -0.05) is 12.1 Å². The molecule has 0 radical (unpaired) electrons. The summed E-state index contributed by atoms with van der Waals surface area (Å²) in [6.45, 7) is 1.57. The minimum Gasteiger partial charge on any atom is -0.484 e. The molecule has 5 heteroatoms. The highest BCUT2D eigenvalue weighted by atomic mass is 16.5. The summed E-state index contributed by atoms with van der Waals surface area (Å²) in [5.74, 6) is 0.526. The summed E-state index contributed by atoms with van der Waals surface area (Å²) in [4.78, 5) is 26.8. The molecular weight excluding hydrogens is 352 g/mol. The van der Waals surface area contributed by atoms with Crippen LogP contribution in [-0.2, 0) is 17.6 Å². The maximum Gasteiger partial charge on any atom is 0.262 e. The number of likely N-dealkylation sites (tertiary alicyclic amines) is 1. The number of hydrogen-bond acceptors (Lipinski definition) is 3. The predicted molar refractivity (Wildman–Crippen MR) is 109 cm³/mol. The second kappa shape index (κ2) is 8.46. The monoisotopic (exact) mass is 378 g/mol. The average Bonchev–Trinajstić information content (AvgIpc) is 3.20. The summed E-state index contributed by atoms with van der Waals surface area (Å²) in [5.41, 5.74) is 3.93. The standard InChI is InChI=1S/C23H26N2O3/c26-22(16-28-21-11-10-17-6-4-7-18(17)15-21)24-20-9-5-8-19(14-20)23(27)25-12-2-1-3-13-25/h5,8-11,14-15H,1-4,6-7,12-13,16H2,(H,24,26). The number of fused-ring (bicyclic) bond motifs is 1. The van der Waals surface area contributed by atoms with Crippen molar-refractivity contribution in [2.45, 2.75) is 38.5 Å². The van der Waals surface area contributed by atoms with Crippen LogP contribution in [0.4, 0.5) is 5.69 Å². The quantitative estimate of drug-likeness (QED) is 0.860. The number of carbonyl (C=O) groups is 2. The zero-order valence-electron chi connectivity index (χ0n) is 16.1. The average molecular weight is 378 g/mol. The van der Waals surface area contributed by atoms with Gasteiger partial charge in [0.05, 0.1) is 0 Å².